The number of aliphatic hydroxyl groups is 2. The normalized spacial score (nSPS) is 11.5. The first-order chi connectivity index (χ1) is 6.94. The van der Waals surface area contributed by atoms with Crippen molar-refractivity contribution in [1.29, 1.82) is 0 Å². The van der Waals surface area contributed by atoms with Gasteiger partial charge in [-0.05, 0) is 19.9 Å². The van der Waals surface area contributed by atoms with Crippen LogP contribution in [0.4, 0.5) is 5.69 Å². The molecule has 0 spiro atoms. The summed E-state index contributed by atoms with van der Waals surface area (Å²) < 4.78 is 0. The number of likely N-dealkylation sites (N-methyl/N-ethyl adjacent to an activating group) is 1. The first kappa shape index (κ1) is 11.9. The van der Waals surface area contributed by atoms with Crippen LogP contribution >= 0.6 is 0 Å². The summed E-state index contributed by atoms with van der Waals surface area (Å²) in [5.74, 6) is 0. The Morgan fingerprint density at radius 2 is 2.13 bits per heavy atom. The number of hydrogen-bond donors (Lipinski definition) is 2. The molecule has 0 aliphatic rings. The van der Waals surface area contributed by atoms with Crippen molar-refractivity contribution in [3.05, 3.63) is 24.0 Å². The molecule has 4 nitrogen and oxygen atoms in total. The maximum absolute atomic E-state index is 9.69. The molecule has 1 aromatic rings. The lowest BCUT2D eigenvalue weighted by atomic mass is 10.1. The summed E-state index contributed by atoms with van der Waals surface area (Å²) >= 11 is 0. The molecule has 4 heteroatoms. The van der Waals surface area contributed by atoms with E-state index in [1.54, 1.807) is 26.2 Å². The molecule has 1 heterocycles. The molecule has 0 saturated carbocycles. The van der Waals surface area contributed by atoms with Crippen LogP contribution in [-0.4, -0.2) is 34.4 Å². The predicted octanol–water partition coefficient (Wildman–Crippen LogP) is 0.781. The van der Waals surface area contributed by atoms with E-state index >= 15 is 0 Å². The summed E-state index contributed by atoms with van der Waals surface area (Å²) in [6.07, 6.45) is 3.31. The van der Waals surface area contributed by atoms with Gasteiger partial charge in [0, 0.05) is 37.2 Å². The number of anilines is 1. The van der Waals surface area contributed by atoms with Gasteiger partial charge >= 0.3 is 0 Å². The van der Waals surface area contributed by atoms with Gasteiger partial charge in [-0.1, -0.05) is 0 Å². The van der Waals surface area contributed by atoms with Gasteiger partial charge in [-0.15, -0.1) is 0 Å². The second kappa shape index (κ2) is 4.59. The molecule has 1 aromatic heterocycles. The van der Waals surface area contributed by atoms with Crippen LogP contribution in [0.25, 0.3) is 0 Å². The summed E-state index contributed by atoms with van der Waals surface area (Å²) in [4.78, 5) is 5.86. The van der Waals surface area contributed by atoms with Gasteiger partial charge < -0.3 is 15.1 Å². The number of nitrogens with zero attached hydrogens (tertiary/aromatic N) is 2. The van der Waals surface area contributed by atoms with Gasteiger partial charge in [0.1, 0.15) is 0 Å². The molecule has 0 saturated heterocycles. The van der Waals surface area contributed by atoms with Crippen molar-refractivity contribution in [3.63, 3.8) is 0 Å². The standard InChI is InChI=1S/C11H18N2O2/c1-11(2,15)8-13(3)10-4-5-12-6-9(10)7-14/h4-6,14-15H,7-8H2,1-3H3. The van der Waals surface area contributed by atoms with Crippen LogP contribution in [0.3, 0.4) is 0 Å². The Kier molecular flexibility index (Phi) is 3.66. The molecule has 0 aliphatic carbocycles. The van der Waals surface area contributed by atoms with E-state index in [-0.39, 0.29) is 6.61 Å². The molecule has 0 amide bonds. The molecule has 2 N–H and O–H groups in total. The SMILES string of the molecule is CN(CC(C)(C)O)c1ccncc1CO. The average Bonchev–Trinajstić information content (AvgIpc) is 2.15. The Balaban J connectivity index is 2.86. The summed E-state index contributed by atoms with van der Waals surface area (Å²) in [7, 11) is 1.88. The van der Waals surface area contributed by atoms with Crippen LogP contribution < -0.4 is 4.90 Å². The van der Waals surface area contributed by atoms with Crippen LogP contribution in [0.2, 0.25) is 0 Å². The Bertz CT molecular complexity index is 321. The lowest BCUT2D eigenvalue weighted by molar-refractivity contribution is 0.0885. The number of pyridine rings is 1. The lowest BCUT2D eigenvalue weighted by Gasteiger charge is -2.28. The third-order valence-electron chi connectivity index (χ3n) is 2.08. The van der Waals surface area contributed by atoms with Crippen LogP contribution in [0, 0.1) is 0 Å². The fourth-order valence-electron chi connectivity index (χ4n) is 1.58. The van der Waals surface area contributed by atoms with Crippen molar-refractivity contribution < 1.29 is 10.2 Å². The maximum Gasteiger partial charge on any atom is 0.0765 e. The van der Waals surface area contributed by atoms with Gasteiger partial charge in [0.15, 0.2) is 0 Å². The molecule has 0 fully saturated rings. The molecule has 0 bridgehead atoms. The highest BCUT2D eigenvalue weighted by Gasteiger charge is 2.17. The Morgan fingerprint density at radius 3 is 2.67 bits per heavy atom. The maximum atomic E-state index is 9.69. The summed E-state index contributed by atoms with van der Waals surface area (Å²) in [6.45, 7) is 3.97. The minimum absolute atomic E-state index is 0.0423. The molecule has 0 atom stereocenters. The van der Waals surface area contributed by atoms with Crippen molar-refractivity contribution >= 4 is 5.69 Å². The van der Waals surface area contributed by atoms with E-state index in [0.29, 0.717) is 6.54 Å². The van der Waals surface area contributed by atoms with Gasteiger partial charge in [0.05, 0.1) is 12.2 Å². The molecule has 0 aromatic carbocycles. The molecule has 0 unspecified atom stereocenters. The highest BCUT2D eigenvalue weighted by Crippen LogP contribution is 2.19. The molecule has 0 radical (unpaired) electrons. The summed E-state index contributed by atoms with van der Waals surface area (Å²) in [6, 6.07) is 1.83. The first-order valence-corrected chi connectivity index (χ1v) is 4.91. The first-order valence-electron chi connectivity index (χ1n) is 4.91. The van der Waals surface area contributed by atoms with Crippen molar-refractivity contribution in [3.8, 4) is 0 Å². The minimum Gasteiger partial charge on any atom is -0.392 e. The monoisotopic (exact) mass is 210 g/mol. The molecular weight excluding hydrogens is 192 g/mol. The number of aliphatic hydroxyl groups excluding tert-OH is 1. The largest absolute Gasteiger partial charge is 0.392 e. The van der Waals surface area contributed by atoms with E-state index in [9.17, 15) is 5.11 Å². The van der Waals surface area contributed by atoms with E-state index in [1.807, 2.05) is 18.0 Å². The Hall–Kier alpha value is -1.13. The van der Waals surface area contributed by atoms with Crippen molar-refractivity contribution in [2.24, 2.45) is 0 Å². The van der Waals surface area contributed by atoms with E-state index in [0.717, 1.165) is 11.3 Å². The number of aromatic nitrogens is 1. The minimum atomic E-state index is -0.759. The second-order valence-corrected chi connectivity index (χ2v) is 4.33. The molecule has 0 aliphatic heterocycles. The van der Waals surface area contributed by atoms with E-state index in [1.165, 1.54) is 0 Å². The second-order valence-electron chi connectivity index (χ2n) is 4.33. The summed E-state index contributed by atoms with van der Waals surface area (Å²) in [5.41, 5.74) is 0.906. The molecule has 84 valence electrons. The zero-order valence-corrected chi connectivity index (χ0v) is 9.44. The van der Waals surface area contributed by atoms with E-state index in [4.69, 9.17) is 5.11 Å². The van der Waals surface area contributed by atoms with Gasteiger partial charge in [0.25, 0.3) is 0 Å². The van der Waals surface area contributed by atoms with Crippen LogP contribution in [-0.2, 0) is 6.61 Å². The molecule has 15 heavy (non-hydrogen) atoms. The number of rotatable bonds is 4. The van der Waals surface area contributed by atoms with Gasteiger partial charge in [0.2, 0.25) is 0 Å². The zero-order valence-electron chi connectivity index (χ0n) is 9.44. The quantitative estimate of drug-likeness (QED) is 0.771. The predicted molar refractivity (Wildman–Crippen MR) is 59.7 cm³/mol. The van der Waals surface area contributed by atoms with Crippen molar-refractivity contribution in [2.45, 2.75) is 26.1 Å². The van der Waals surface area contributed by atoms with Crippen molar-refractivity contribution in [2.75, 3.05) is 18.5 Å². The fourth-order valence-corrected chi connectivity index (χ4v) is 1.58. The van der Waals surface area contributed by atoms with Crippen molar-refractivity contribution in [1.82, 2.24) is 4.98 Å². The fraction of sp³-hybridized carbons (Fsp3) is 0.545. The van der Waals surface area contributed by atoms with Crippen LogP contribution in [0.5, 0.6) is 0 Å². The molecular formula is C11H18N2O2. The third kappa shape index (κ3) is 3.49. The number of hydrogen-bond acceptors (Lipinski definition) is 4. The highest BCUT2D eigenvalue weighted by atomic mass is 16.3. The van der Waals surface area contributed by atoms with Crippen LogP contribution in [0.15, 0.2) is 18.5 Å². The third-order valence-corrected chi connectivity index (χ3v) is 2.08. The van der Waals surface area contributed by atoms with Crippen LogP contribution in [0.1, 0.15) is 19.4 Å². The topological polar surface area (TPSA) is 56.6 Å². The smallest absolute Gasteiger partial charge is 0.0765 e. The molecule has 1 rings (SSSR count). The lowest BCUT2D eigenvalue weighted by Crippen LogP contribution is -2.36. The Morgan fingerprint density at radius 1 is 1.47 bits per heavy atom. The van der Waals surface area contributed by atoms with Gasteiger partial charge in [-0.2, -0.15) is 0 Å². The van der Waals surface area contributed by atoms with Gasteiger partial charge in [-0.3, -0.25) is 4.98 Å². The van der Waals surface area contributed by atoms with E-state index in [2.05, 4.69) is 4.98 Å². The highest BCUT2D eigenvalue weighted by molar-refractivity contribution is 5.51. The van der Waals surface area contributed by atoms with E-state index < -0.39 is 5.60 Å². The summed E-state index contributed by atoms with van der Waals surface area (Å²) in [5, 5.41) is 18.8. The Labute approximate surface area is 90.2 Å². The zero-order chi connectivity index (χ0) is 11.5. The van der Waals surface area contributed by atoms with Gasteiger partial charge in [-0.25, -0.2) is 0 Å². The average molecular weight is 210 g/mol.